The van der Waals surface area contributed by atoms with Crippen molar-refractivity contribution in [1.29, 1.82) is 0 Å². The number of aromatic nitrogens is 2. The molecule has 1 fully saturated rings. The first kappa shape index (κ1) is 21.4. The van der Waals surface area contributed by atoms with Crippen LogP contribution < -0.4 is 4.74 Å². The minimum atomic E-state index is -3.73. The minimum Gasteiger partial charge on any atom is -0.493 e. The third kappa shape index (κ3) is 4.16. The van der Waals surface area contributed by atoms with E-state index in [1.807, 2.05) is 30.3 Å². The summed E-state index contributed by atoms with van der Waals surface area (Å²) in [6.45, 7) is 0.815. The van der Waals surface area contributed by atoms with Crippen molar-refractivity contribution in [1.82, 2.24) is 19.0 Å². The zero-order valence-corrected chi connectivity index (χ0v) is 18.4. The summed E-state index contributed by atoms with van der Waals surface area (Å²) in [6, 6.07) is 15.7. The van der Waals surface area contributed by atoms with E-state index in [9.17, 15) is 13.2 Å². The molecular formula is C21H21ClN4O4S. The Balaban J connectivity index is 1.50. The Hall–Kier alpha value is -2.88. The Kier molecular flexibility index (Phi) is 5.99. The van der Waals surface area contributed by atoms with Crippen LogP contribution in [0.3, 0.4) is 0 Å². The van der Waals surface area contributed by atoms with Crippen molar-refractivity contribution in [2.24, 2.45) is 0 Å². The number of benzene rings is 2. The van der Waals surface area contributed by atoms with E-state index in [-0.39, 0.29) is 47.7 Å². The van der Waals surface area contributed by atoms with Crippen molar-refractivity contribution in [3.05, 3.63) is 71.5 Å². The lowest BCUT2D eigenvalue weighted by atomic mass is 10.3. The molecule has 0 bridgehead atoms. The predicted octanol–water partition coefficient (Wildman–Crippen LogP) is 2.68. The second-order valence-electron chi connectivity index (χ2n) is 6.95. The molecule has 8 nitrogen and oxygen atoms in total. The number of hydrogen-bond acceptors (Lipinski definition) is 5. The van der Waals surface area contributed by atoms with Crippen molar-refractivity contribution in [3.63, 3.8) is 0 Å². The average molecular weight is 461 g/mol. The van der Waals surface area contributed by atoms with Gasteiger partial charge in [0.15, 0.2) is 11.4 Å². The van der Waals surface area contributed by atoms with Gasteiger partial charge >= 0.3 is 0 Å². The van der Waals surface area contributed by atoms with Crippen LogP contribution in [0.25, 0.3) is 5.69 Å². The van der Waals surface area contributed by atoms with E-state index in [4.69, 9.17) is 16.3 Å². The summed E-state index contributed by atoms with van der Waals surface area (Å²) in [5.74, 6) is 0.0568. The quantitative estimate of drug-likeness (QED) is 0.584. The molecular weight excluding hydrogens is 440 g/mol. The van der Waals surface area contributed by atoms with Crippen molar-refractivity contribution in [3.8, 4) is 11.4 Å². The lowest BCUT2D eigenvalue weighted by Crippen LogP contribution is -2.50. The molecule has 0 aliphatic carbocycles. The first-order valence-corrected chi connectivity index (χ1v) is 11.5. The van der Waals surface area contributed by atoms with Gasteiger partial charge in [-0.2, -0.15) is 9.40 Å². The molecule has 0 radical (unpaired) electrons. The van der Waals surface area contributed by atoms with Gasteiger partial charge in [-0.3, -0.25) is 4.79 Å². The van der Waals surface area contributed by atoms with Crippen molar-refractivity contribution in [2.75, 3.05) is 33.3 Å². The Morgan fingerprint density at radius 3 is 2.29 bits per heavy atom. The smallest absolute Gasteiger partial charge is 0.278 e. The molecule has 1 amide bonds. The average Bonchev–Trinajstić information content (AvgIpc) is 3.24. The van der Waals surface area contributed by atoms with Crippen molar-refractivity contribution >= 4 is 27.5 Å². The molecule has 3 aromatic rings. The van der Waals surface area contributed by atoms with Crippen LogP contribution in [-0.4, -0.2) is 66.6 Å². The molecule has 0 atom stereocenters. The van der Waals surface area contributed by atoms with Crippen LogP contribution in [-0.2, 0) is 10.0 Å². The molecule has 2 aromatic carbocycles. The topological polar surface area (TPSA) is 84.7 Å². The maximum Gasteiger partial charge on any atom is 0.278 e. The summed E-state index contributed by atoms with van der Waals surface area (Å²) in [4.78, 5) is 14.7. The van der Waals surface area contributed by atoms with Gasteiger partial charge in [0.05, 0.1) is 24.0 Å². The zero-order valence-electron chi connectivity index (χ0n) is 16.8. The van der Waals surface area contributed by atoms with Crippen LogP contribution in [0.1, 0.15) is 10.5 Å². The van der Waals surface area contributed by atoms with Crippen LogP contribution in [0, 0.1) is 0 Å². The fourth-order valence-corrected chi connectivity index (χ4v) is 5.36. The number of methoxy groups -OCH3 is 1. The second kappa shape index (κ2) is 8.70. The highest BCUT2D eigenvalue weighted by molar-refractivity contribution is 7.89. The summed E-state index contributed by atoms with van der Waals surface area (Å²) < 4.78 is 34.1. The number of rotatable bonds is 5. The van der Waals surface area contributed by atoms with E-state index in [2.05, 4.69) is 5.10 Å². The monoisotopic (exact) mass is 460 g/mol. The third-order valence-electron chi connectivity index (χ3n) is 5.10. The van der Waals surface area contributed by atoms with Gasteiger partial charge in [0.1, 0.15) is 4.90 Å². The van der Waals surface area contributed by atoms with Gasteiger partial charge in [-0.25, -0.2) is 13.1 Å². The number of carbonyl (C=O) groups excluding carboxylic acids is 1. The summed E-state index contributed by atoms with van der Waals surface area (Å²) in [6.07, 6.45) is 1.65. The lowest BCUT2D eigenvalue weighted by molar-refractivity contribution is 0.0688. The highest BCUT2D eigenvalue weighted by Gasteiger charge is 2.33. The van der Waals surface area contributed by atoms with E-state index in [1.54, 1.807) is 34.0 Å². The van der Waals surface area contributed by atoms with Crippen LogP contribution in [0.2, 0.25) is 5.02 Å². The molecule has 0 spiro atoms. The summed E-state index contributed by atoms with van der Waals surface area (Å²) in [7, 11) is -2.25. The molecule has 1 saturated heterocycles. The van der Waals surface area contributed by atoms with Gasteiger partial charge in [0.25, 0.3) is 5.91 Å². The van der Waals surface area contributed by atoms with Crippen molar-refractivity contribution in [2.45, 2.75) is 4.90 Å². The molecule has 31 heavy (non-hydrogen) atoms. The maximum atomic E-state index is 13.1. The van der Waals surface area contributed by atoms with E-state index >= 15 is 0 Å². The van der Waals surface area contributed by atoms with E-state index in [1.165, 1.54) is 17.5 Å². The molecule has 1 aliphatic heterocycles. The maximum absolute atomic E-state index is 13.1. The van der Waals surface area contributed by atoms with Crippen LogP contribution in [0.15, 0.2) is 65.7 Å². The lowest BCUT2D eigenvalue weighted by Gasteiger charge is -2.33. The molecule has 162 valence electrons. The number of piperazine rings is 1. The van der Waals surface area contributed by atoms with Gasteiger partial charge < -0.3 is 9.64 Å². The number of ether oxygens (including phenoxy) is 1. The number of para-hydroxylation sites is 1. The number of hydrogen-bond donors (Lipinski definition) is 0. The standard InChI is InChI=1S/C21H21ClN4O4S/c1-30-18-15-26(16-7-3-2-4-8-16)23-20(18)21(27)24-11-13-25(14-12-24)31(28,29)19-10-6-5-9-17(19)22/h2-10,15H,11-14H2,1H3. The van der Waals surface area contributed by atoms with Gasteiger partial charge in [0.2, 0.25) is 10.0 Å². The minimum absolute atomic E-state index is 0.0692. The molecule has 2 heterocycles. The van der Waals surface area contributed by atoms with E-state index in [0.717, 1.165) is 5.69 Å². The SMILES string of the molecule is COc1cn(-c2ccccc2)nc1C(=O)N1CCN(S(=O)(=O)c2ccccc2Cl)CC1. The Morgan fingerprint density at radius 1 is 1.00 bits per heavy atom. The van der Waals surface area contributed by atoms with Gasteiger partial charge in [-0.1, -0.05) is 41.9 Å². The van der Waals surface area contributed by atoms with Gasteiger partial charge in [0, 0.05) is 26.2 Å². The van der Waals surface area contributed by atoms with Gasteiger partial charge in [-0.05, 0) is 24.3 Å². The number of sulfonamides is 1. The van der Waals surface area contributed by atoms with E-state index < -0.39 is 10.0 Å². The van der Waals surface area contributed by atoms with Crippen LogP contribution in [0.4, 0.5) is 0 Å². The molecule has 0 saturated carbocycles. The molecule has 0 N–H and O–H groups in total. The highest BCUT2D eigenvalue weighted by atomic mass is 35.5. The summed E-state index contributed by atoms with van der Waals surface area (Å²) in [5.41, 5.74) is 0.990. The summed E-state index contributed by atoms with van der Waals surface area (Å²) in [5, 5.41) is 4.58. The predicted molar refractivity (Wildman–Crippen MR) is 116 cm³/mol. The Bertz CT molecular complexity index is 1190. The molecule has 1 aliphatic rings. The number of halogens is 1. The highest BCUT2D eigenvalue weighted by Crippen LogP contribution is 2.26. The molecule has 1 aromatic heterocycles. The first-order chi connectivity index (χ1) is 14.9. The molecule has 4 rings (SSSR count). The van der Waals surface area contributed by atoms with Crippen LogP contribution >= 0.6 is 11.6 Å². The number of carbonyl (C=O) groups is 1. The first-order valence-electron chi connectivity index (χ1n) is 9.65. The fourth-order valence-electron chi connectivity index (χ4n) is 3.44. The van der Waals surface area contributed by atoms with E-state index in [0.29, 0.717) is 5.75 Å². The third-order valence-corrected chi connectivity index (χ3v) is 7.50. The second-order valence-corrected chi connectivity index (χ2v) is 9.27. The fraction of sp³-hybridized carbons (Fsp3) is 0.238. The number of nitrogens with zero attached hydrogens (tertiary/aromatic N) is 4. The summed E-state index contributed by atoms with van der Waals surface area (Å²) >= 11 is 6.08. The largest absolute Gasteiger partial charge is 0.493 e. The van der Waals surface area contributed by atoms with Gasteiger partial charge in [-0.15, -0.1) is 0 Å². The molecule has 10 heteroatoms. The Morgan fingerprint density at radius 2 is 1.65 bits per heavy atom. The molecule has 0 unspecified atom stereocenters. The van der Waals surface area contributed by atoms with Crippen molar-refractivity contribution < 1.29 is 17.9 Å². The normalized spacial score (nSPS) is 15.1. The Labute approximate surface area is 185 Å². The number of amides is 1. The zero-order chi connectivity index (χ0) is 22.0. The van der Waals surface area contributed by atoms with Crippen LogP contribution in [0.5, 0.6) is 5.75 Å².